The predicted octanol–water partition coefficient (Wildman–Crippen LogP) is 0.834. The molecule has 19 heavy (non-hydrogen) atoms. The quantitative estimate of drug-likeness (QED) is 0.699. The molecule has 1 aliphatic rings. The van der Waals surface area contributed by atoms with Gasteiger partial charge in [0.2, 0.25) is 5.91 Å². The number of nitrogens with zero attached hydrogens (tertiary/aromatic N) is 1. The molecule has 1 rings (SSSR count). The molecule has 1 amide bonds. The first-order chi connectivity index (χ1) is 9.06. The zero-order chi connectivity index (χ0) is 14.3. The minimum Gasteiger partial charge on any atom is -0.344 e. The van der Waals surface area contributed by atoms with Crippen LogP contribution in [0.1, 0.15) is 33.6 Å². The molecule has 0 aromatic rings. The monoisotopic (exact) mass is 265 g/mol. The van der Waals surface area contributed by atoms with Gasteiger partial charge in [-0.2, -0.15) is 0 Å². The van der Waals surface area contributed by atoms with Gasteiger partial charge in [0.05, 0.1) is 12.6 Å². The molecule has 0 saturated carbocycles. The SMILES string of the molecule is C#CCNC(=O)C(C)N(CC1CCCNC1)C(C)C. The van der Waals surface area contributed by atoms with Crippen molar-refractivity contribution in [3.63, 3.8) is 0 Å². The summed E-state index contributed by atoms with van der Waals surface area (Å²) in [6, 6.07) is 0.226. The van der Waals surface area contributed by atoms with Crippen LogP contribution in [0, 0.1) is 18.3 Å². The van der Waals surface area contributed by atoms with E-state index in [1.54, 1.807) is 0 Å². The fraction of sp³-hybridized carbons (Fsp3) is 0.800. The van der Waals surface area contributed by atoms with E-state index < -0.39 is 0 Å². The fourth-order valence-electron chi connectivity index (χ4n) is 2.63. The molecule has 0 aromatic heterocycles. The number of rotatable bonds is 6. The summed E-state index contributed by atoms with van der Waals surface area (Å²) in [6.45, 7) is 9.69. The van der Waals surface area contributed by atoms with Gasteiger partial charge < -0.3 is 10.6 Å². The van der Waals surface area contributed by atoms with Crippen LogP contribution in [0.4, 0.5) is 0 Å². The average molecular weight is 265 g/mol. The predicted molar refractivity (Wildman–Crippen MR) is 78.7 cm³/mol. The highest BCUT2D eigenvalue weighted by atomic mass is 16.2. The summed E-state index contributed by atoms with van der Waals surface area (Å²) in [6.07, 6.45) is 7.65. The summed E-state index contributed by atoms with van der Waals surface area (Å²) in [4.78, 5) is 14.3. The van der Waals surface area contributed by atoms with Gasteiger partial charge in [0.1, 0.15) is 0 Å². The molecule has 0 radical (unpaired) electrons. The van der Waals surface area contributed by atoms with Gasteiger partial charge in [-0.25, -0.2) is 0 Å². The second-order valence-corrected chi connectivity index (χ2v) is 5.60. The molecule has 0 aliphatic carbocycles. The third kappa shape index (κ3) is 5.22. The fourth-order valence-corrected chi connectivity index (χ4v) is 2.63. The second kappa shape index (κ2) is 8.19. The number of terminal acetylenes is 1. The Bertz CT molecular complexity index is 316. The number of nitrogens with one attached hydrogen (secondary N) is 2. The summed E-state index contributed by atoms with van der Waals surface area (Å²) in [5, 5.41) is 6.20. The van der Waals surface area contributed by atoms with Gasteiger partial charge in [-0.1, -0.05) is 5.92 Å². The van der Waals surface area contributed by atoms with Gasteiger partial charge in [-0.3, -0.25) is 9.69 Å². The van der Waals surface area contributed by atoms with Crippen molar-refractivity contribution in [1.29, 1.82) is 0 Å². The number of amides is 1. The molecule has 0 spiro atoms. The molecule has 0 bridgehead atoms. The Kier molecular flexibility index (Phi) is 6.90. The van der Waals surface area contributed by atoms with E-state index in [1.807, 2.05) is 6.92 Å². The van der Waals surface area contributed by atoms with Crippen LogP contribution in [0.5, 0.6) is 0 Å². The highest BCUT2D eigenvalue weighted by Crippen LogP contribution is 2.15. The van der Waals surface area contributed by atoms with Crippen LogP contribution < -0.4 is 10.6 Å². The van der Waals surface area contributed by atoms with Gasteiger partial charge in [-0.15, -0.1) is 6.42 Å². The van der Waals surface area contributed by atoms with Crippen molar-refractivity contribution in [2.24, 2.45) is 5.92 Å². The summed E-state index contributed by atoms with van der Waals surface area (Å²) in [5.41, 5.74) is 0. The molecule has 4 nitrogen and oxygen atoms in total. The zero-order valence-corrected chi connectivity index (χ0v) is 12.4. The molecule has 2 N–H and O–H groups in total. The lowest BCUT2D eigenvalue weighted by Crippen LogP contribution is -2.51. The minimum absolute atomic E-state index is 0.0235. The largest absolute Gasteiger partial charge is 0.344 e. The lowest BCUT2D eigenvalue weighted by Gasteiger charge is -2.36. The van der Waals surface area contributed by atoms with Crippen molar-refractivity contribution >= 4 is 5.91 Å². The maximum atomic E-state index is 12.0. The maximum absolute atomic E-state index is 12.0. The van der Waals surface area contributed by atoms with Gasteiger partial charge in [-0.05, 0) is 52.6 Å². The first kappa shape index (κ1) is 16.0. The van der Waals surface area contributed by atoms with Crippen LogP contribution in [0.25, 0.3) is 0 Å². The number of hydrogen-bond donors (Lipinski definition) is 2. The average Bonchev–Trinajstić information content (AvgIpc) is 2.42. The van der Waals surface area contributed by atoms with E-state index in [-0.39, 0.29) is 11.9 Å². The topological polar surface area (TPSA) is 44.4 Å². The minimum atomic E-state index is -0.129. The van der Waals surface area contributed by atoms with Crippen LogP contribution >= 0.6 is 0 Å². The molecular weight excluding hydrogens is 238 g/mol. The van der Waals surface area contributed by atoms with Crippen LogP contribution in [0.2, 0.25) is 0 Å². The first-order valence-corrected chi connectivity index (χ1v) is 7.24. The summed E-state index contributed by atoms with van der Waals surface area (Å²) >= 11 is 0. The highest BCUT2D eigenvalue weighted by Gasteiger charge is 2.26. The molecule has 1 heterocycles. The Morgan fingerprint density at radius 1 is 1.53 bits per heavy atom. The Morgan fingerprint density at radius 2 is 2.26 bits per heavy atom. The van der Waals surface area contributed by atoms with E-state index in [9.17, 15) is 4.79 Å². The second-order valence-electron chi connectivity index (χ2n) is 5.60. The molecular formula is C15H27N3O. The molecule has 0 aromatic carbocycles. The van der Waals surface area contributed by atoms with Gasteiger partial charge >= 0.3 is 0 Å². The highest BCUT2D eigenvalue weighted by molar-refractivity contribution is 5.81. The van der Waals surface area contributed by atoms with Crippen LogP contribution in [-0.2, 0) is 4.79 Å². The van der Waals surface area contributed by atoms with E-state index in [1.165, 1.54) is 12.8 Å². The lowest BCUT2D eigenvalue weighted by molar-refractivity contribution is -0.126. The Hall–Kier alpha value is -1.05. The first-order valence-electron chi connectivity index (χ1n) is 7.24. The zero-order valence-electron chi connectivity index (χ0n) is 12.4. The van der Waals surface area contributed by atoms with Crippen molar-refractivity contribution in [3.05, 3.63) is 0 Å². The summed E-state index contributed by atoms with van der Waals surface area (Å²) < 4.78 is 0. The third-order valence-electron chi connectivity index (χ3n) is 3.77. The molecule has 4 heteroatoms. The molecule has 2 unspecified atom stereocenters. The normalized spacial score (nSPS) is 21.2. The molecule has 1 aliphatic heterocycles. The number of piperidine rings is 1. The van der Waals surface area contributed by atoms with E-state index in [0.717, 1.165) is 19.6 Å². The third-order valence-corrected chi connectivity index (χ3v) is 3.77. The Morgan fingerprint density at radius 3 is 2.79 bits per heavy atom. The lowest BCUT2D eigenvalue weighted by atomic mass is 9.97. The van der Waals surface area contributed by atoms with Crippen LogP contribution in [0.3, 0.4) is 0 Å². The van der Waals surface area contributed by atoms with Crippen LogP contribution in [0.15, 0.2) is 0 Å². The van der Waals surface area contributed by atoms with E-state index in [4.69, 9.17) is 6.42 Å². The molecule has 2 atom stereocenters. The van der Waals surface area contributed by atoms with Gasteiger partial charge in [0.25, 0.3) is 0 Å². The molecule has 1 fully saturated rings. The smallest absolute Gasteiger partial charge is 0.237 e. The van der Waals surface area contributed by atoms with E-state index >= 15 is 0 Å². The van der Waals surface area contributed by atoms with Crippen LogP contribution in [-0.4, -0.2) is 49.1 Å². The summed E-state index contributed by atoms with van der Waals surface area (Å²) in [7, 11) is 0. The van der Waals surface area contributed by atoms with E-state index in [2.05, 4.69) is 35.3 Å². The van der Waals surface area contributed by atoms with Gasteiger partial charge in [0, 0.05) is 12.6 Å². The van der Waals surface area contributed by atoms with Gasteiger partial charge in [0.15, 0.2) is 0 Å². The Labute approximate surface area is 117 Å². The van der Waals surface area contributed by atoms with Crippen molar-refractivity contribution in [2.75, 3.05) is 26.2 Å². The summed E-state index contributed by atoms with van der Waals surface area (Å²) in [5.74, 6) is 3.10. The van der Waals surface area contributed by atoms with Crippen molar-refractivity contribution in [3.8, 4) is 12.3 Å². The standard InChI is InChI=1S/C15H27N3O/c1-5-8-17-15(19)13(4)18(12(2)3)11-14-7-6-9-16-10-14/h1,12-14,16H,6-11H2,2-4H3,(H,17,19). The van der Waals surface area contributed by atoms with E-state index in [0.29, 0.717) is 18.5 Å². The number of carbonyl (C=O) groups is 1. The van der Waals surface area contributed by atoms with Crippen molar-refractivity contribution in [2.45, 2.75) is 45.7 Å². The molecule has 108 valence electrons. The maximum Gasteiger partial charge on any atom is 0.237 e. The number of carbonyl (C=O) groups excluding carboxylic acids is 1. The Balaban J connectivity index is 2.55. The van der Waals surface area contributed by atoms with Crippen molar-refractivity contribution < 1.29 is 4.79 Å². The number of hydrogen-bond acceptors (Lipinski definition) is 3. The molecule has 1 saturated heterocycles. The van der Waals surface area contributed by atoms with Crippen molar-refractivity contribution in [1.82, 2.24) is 15.5 Å².